The number of rotatable bonds is 8. The minimum atomic E-state index is -0.362. The van der Waals surface area contributed by atoms with E-state index in [-0.39, 0.29) is 30.7 Å². The van der Waals surface area contributed by atoms with Crippen LogP contribution in [0.25, 0.3) is 0 Å². The summed E-state index contributed by atoms with van der Waals surface area (Å²) in [5.74, 6) is 0.0279. The Morgan fingerprint density at radius 3 is 2.40 bits per heavy atom. The second-order valence-electron chi connectivity index (χ2n) is 5.41. The van der Waals surface area contributed by atoms with Crippen LogP contribution in [0, 0.1) is 5.82 Å². The lowest BCUT2D eigenvalue weighted by Crippen LogP contribution is -2.37. The lowest BCUT2D eigenvalue weighted by molar-refractivity contribution is -0.122. The molecule has 6 heteroatoms. The molecule has 132 valence electrons. The number of amides is 2. The van der Waals surface area contributed by atoms with E-state index >= 15 is 0 Å². The van der Waals surface area contributed by atoms with Gasteiger partial charge >= 0.3 is 0 Å². The van der Waals surface area contributed by atoms with E-state index in [4.69, 9.17) is 4.74 Å². The minimum absolute atomic E-state index is 0.154. The Kier molecular flexibility index (Phi) is 6.95. The first-order valence-electron chi connectivity index (χ1n) is 8.04. The lowest BCUT2D eigenvalue weighted by atomic mass is 10.2. The number of hydrogen-bond donors (Lipinski definition) is 1. The second kappa shape index (κ2) is 9.42. The molecular weight excluding hydrogens is 323 g/mol. The summed E-state index contributed by atoms with van der Waals surface area (Å²) in [4.78, 5) is 25.0. The molecule has 0 bridgehead atoms. The monoisotopic (exact) mass is 344 g/mol. The van der Waals surface area contributed by atoms with Crippen LogP contribution in [0.1, 0.15) is 13.3 Å². The highest BCUT2D eigenvalue weighted by atomic mass is 19.1. The summed E-state index contributed by atoms with van der Waals surface area (Å²) < 4.78 is 18.4. The number of carbonyl (C=O) groups is 2. The highest BCUT2D eigenvalue weighted by molar-refractivity contribution is 5.91. The Hall–Kier alpha value is -2.89. The molecule has 0 aliphatic heterocycles. The van der Waals surface area contributed by atoms with Crippen LogP contribution in [-0.2, 0) is 9.59 Å². The van der Waals surface area contributed by atoms with Gasteiger partial charge in [-0.05, 0) is 36.4 Å². The third-order valence-corrected chi connectivity index (χ3v) is 3.52. The molecule has 2 aromatic carbocycles. The van der Waals surface area contributed by atoms with Gasteiger partial charge in [0.2, 0.25) is 11.8 Å². The largest absolute Gasteiger partial charge is 0.493 e. The van der Waals surface area contributed by atoms with Crippen molar-refractivity contribution in [3.8, 4) is 5.75 Å². The summed E-state index contributed by atoms with van der Waals surface area (Å²) in [6.07, 6.45) is 0.228. The zero-order chi connectivity index (χ0) is 18.1. The van der Waals surface area contributed by atoms with Crippen LogP contribution in [-0.4, -0.2) is 31.5 Å². The maximum absolute atomic E-state index is 13.0. The van der Waals surface area contributed by atoms with E-state index in [1.807, 2.05) is 30.3 Å². The maximum atomic E-state index is 13.0. The first-order chi connectivity index (χ1) is 12.1. The Labute approximate surface area is 146 Å². The molecule has 0 spiro atoms. The molecule has 0 aliphatic carbocycles. The SMILES string of the molecule is CC(=O)N(CCNC(=O)CCOc1ccccc1)c1ccc(F)cc1. The van der Waals surface area contributed by atoms with Crippen molar-refractivity contribution in [2.45, 2.75) is 13.3 Å². The van der Waals surface area contributed by atoms with Gasteiger partial charge in [-0.25, -0.2) is 4.39 Å². The van der Waals surface area contributed by atoms with Crippen LogP contribution in [0.2, 0.25) is 0 Å². The first kappa shape index (κ1) is 18.4. The topological polar surface area (TPSA) is 58.6 Å². The molecule has 25 heavy (non-hydrogen) atoms. The van der Waals surface area contributed by atoms with Crippen molar-refractivity contribution >= 4 is 17.5 Å². The summed E-state index contributed by atoms with van der Waals surface area (Å²) in [6.45, 7) is 2.33. The lowest BCUT2D eigenvalue weighted by Gasteiger charge is -2.21. The third kappa shape index (κ3) is 6.25. The number of nitrogens with zero attached hydrogens (tertiary/aromatic N) is 1. The normalized spacial score (nSPS) is 10.2. The van der Waals surface area contributed by atoms with E-state index < -0.39 is 0 Å². The fourth-order valence-electron chi connectivity index (χ4n) is 2.26. The van der Waals surface area contributed by atoms with Gasteiger partial charge in [0, 0.05) is 25.7 Å². The quantitative estimate of drug-likeness (QED) is 0.801. The van der Waals surface area contributed by atoms with Crippen LogP contribution >= 0.6 is 0 Å². The molecular formula is C19H21FN2O3. The standard InChI is InChI=1S/C19H21FN2O3/c1-15(23)22(17-9-7-16(20)8-10-17)13-12-21-19(24)11-14-25-18-5-3-2-4-6-18/h2-10H,11-14H2,1H3,(H,21,24). The molecule has 0 unspecified atom stereocenters. The van der Waals surface area contributed by atoms with E-state index in [0.717, 1.165) is 5.75 Å². The summed E-state index contributed by atoms with van der Waals surface area (Å²) >= 11 is 0. The molecule has 0 aliphatic rings. The smallest absolute Gasteiger partial charge is 0.223 e. The zero-order valence-electron chi connectivity index (χ0n) is 14.1. The number of nitrogens with one attached hydrogen (secondary N) is 1. The number of para-hydroxylation sites is 1. The highest BCUT2D eigenvalue weighted by Crippen LogP contribution is 2.14. The Balaban J connectivity index is 1.73. The molecule has 0 radical (unpaired) electrons. The predicted octanol–water partition coefficient (Wildman–Crippen LogP) is 2.76. The van der Waals surface area contributed by atoms with Gasteiger partial charge in [0.25, 0.3) is 0 Å². The zero-order valence-corrected chi connectivity index (χ0v) is 14.1. The minimum Gasteiger partial charge on any atom is -0.493 e. The van der Waals surface area contributed by atoms with Gasteiger partial charge in [0.1, 0.15) is 11.6 Å². The average Bonchev–Trinajstić information content (AvgIpc) is 2.60. The van der Waals surface area contributed by atoms with Gasteiger partial charge in [-0.3, -0.25) is 9.59 Å². The van der Waals surface area contributed by atoms with Crippen LogP contribution in [0.3, 0.4) is 0 Å². The molecule has 0 fully saturated rings. The number of halogens is 1. The van der Waals surface area contributed by atoms with Crippen LogP contribution in [0.15, 0.2) is 54.6 Å². The van der Waals surface area contributed by atoms with Gasteiger partial charge in [-0.2, -0.15) is 0 Å². The van der Waals surface area contributed by atoms with Gasteiger partial charge in [0.05, 0.1) is 13.0 Å². The van der Waals surface area contributed by atoms with Crippen molar-refractivity contribution < 1.29 is 18.7 Å². The van der Waals surface area contributed by atoms with Crippen LogP contribution < -0.4 is 15.0 Å². The van der Waals surface area contributed by atoms with E-state index in [0.29, 0.717) is 18.8 Å². The van der Waals surface area contributed by atoms with E-state index in [2.05, 4.69) is 5.32 Å². The van der Waals surface area contributed by atoms with Crippen molar-refractivity contribution in [2.75, 3.05) is 24.6 Å². The summed E-state index contributed by atoms with van der Waals surface area (Å²) in [5.41, 5.74) is 0.593. The molecule has 0 heterocycles. The van der Waals surface area contributed by atoms with Crippen molar-refractivity contribution in [1.29, 1.82) is 0 Å². The van der Waals surface area contributed by atoms with E-state index in [1.54, 1.807) is 0 Å². The van der Waals surface area contributed by atoms with Crippen molar-refractivity contribution in [2.24, 2.45) is 0 Å². The second-order valence-corrected chi connectivity index (χ2v) is 5.41. The Morgan fingerprint density at radius 1 is 1.08 bits per heavy atom. The Bertz CT molecular complexity index is 690. The van der Waals surface area contributed by atoms with Gasteiger partial charge in [0.15, 0.2) is 0 Å². The van der Waals surface area contributed by atoms with Gasteiger partial charge in [-0.1, -0.05) is 18.2 Å². The third-order valence-electron chi connectivity index (χ3n) is 3.52. The number of ether oxygens (including phenoxy) is 1. The Morgan fingerprint density at radius 2 is 1.76 bits per heavy atom. The molecule has 5 nitrogen and oxygen atoms in total. The van der Waals surface area contributed by atoms with E-state index in [9.17, 15) is 14.0 Å². The summed E-state index contributed by atoms with van der Waals surface area (Å²) in [7, 11) is 0. The van der Waals surface area contributed by atoms with Crippen LogP contribution in [0.5, 0.6) is 5.75 Å². The molecule has 0 saturated heterocycles. The fourth-order valence-corrected chi connectivity index (χ4v) is 2.26. The number of carbonyl (C=O) groups excluding carboxylic acids is 2. The molecule has 0 atom stereocenters. The first-order valence-corrected chi connectivity index (χ1v) is 8.04. The fraction of sp³-hybridized carbons (Fsp3) is 0.263. The number of anilines is 1. The predicted molar refractivity (Wildman–Crippen MR) is 94.0 cm³/mol. The van der Waals surface area contributed by atoms with Crippen LogP contribution in [0.4, 0.5) is 10.1 Å². The van der Waals surface area contributed by atoms with Gasteiger partial charge in [-0.15, -0.1) is 0 Å². The molecule has 0 aromatic heterocycles. The molecule has 2 amide bonds. The number of benzene rings is 2. The molecule has 2 aromatic rings. The number of hydrogen-bond acceptors (Lipinski definition) is 3. The maximum Gasteiger partial charge on any atom is 0.223 e. The van der Waals surface area contributed by atoms with Gasteiger partial charge < -0.3 is 15.0 Å². The van der Waals surface area contributed by atoms with Crippen molar-refractivity contribution in [3.05, 3.63) is 60.4 Å². The molecule has 2 rings (SSSR count). The van der Waals surface area contributed by atoms with Crippen molar-refractivity contribution in [1.82, 2.24) is 5.32 Å². The van der Waals surface area contributed by atoms with E-state index in [1.165, 1.54) is 36.1 Å². The summed E-state index contributed by atoms with van der Waals surface area (Å²) in [6, 6.07) is 14.9. The average molecular weight is 344 g/mol. The summed E-state index contributed by atoms with van der Waals surface area (Å²) in [5, 5.41) is 2.75. The van der Waals surface area contributed by atoms with Crippen molar-refractivity contribution in [3.63, 3.8) is 0 Å². The molecule has 1 N–H and O–H groups in total. The highest BCUT2D eigenvalue weighted by Gasteiger charge is 2.11. The molecule has 0 saturated carbocycles.